The fourth-order valence-electron chi connectivity index (χ4n) is 3.04. The normalized spacial score (nSPS) is 16.5. The lowest BCUT2D eigenvalue weighted by atomic mass is 10.2. The van der Waals surface area contributed by atoms with Crippen molar-refractivity contribution < 1.29 is 18.1 Å². The van der Waals surface area contributed by atoms with Gasteiger partial charge in [-0.3, -0.25) is 4.79 Å². The Hall–Kier alpha value is -2.07. The molecule has 150 valence electrons. The average molecular weight is 422 g/mol. The molecule has 1 aromatic heterocycles. The highest BCUT2D eigenvalue weighted by atomic mass is 32.2. The summed E-state index contributed by atoms with van der Waals surface area (Å²) >= 11 is 1.61. The highest BCUT2D eigenvalue weighted by molar-refractivity contribution is 7.89. The van der Waals surface area contributed by atoms with Gasteiger partial charge in [-0.2, -0.15) is 9.41 Å². The predicted molar refractivity (Wildman–Crippen MR) is 110 cm³/mol. The standard InChI is InChI=1S/C19H24N4O3S2/c1-15-3-7-18(8-4-15)28(25,26)23-11-9-22(10-12-23)14-19(24)21-20-13-17-6-5-16(2)27-17/h3-8,13H,9-12,14H2,1-2H3,(H,21,24)/p+1/b20-13-. The summed E-state index contributed by atoms with van der Waals surface area (Å²) in [6.07, 6.45) is 1.64. The van der Waals surface area contributed by atoms with Crippen LogP contribution in [-0.4, -0.2) is 57.6 Å². The van der Waals surface area contributed by atoms with E-state index in [1.54, 1.807) is 41.8 Å². The first-order chi connectivity index (χ1) is 13.3. The zero-order valence-electron chi connectivity index (χ0n) is 16.0. The van der Waals surface area contributed by atoms with Crippen molar-refractivity contribution in [2.75, 3.05) is 32.7 Å². The lowest BCUT2D eigenvalue weighted by Crippen LogP contribution is -3.15. The number of aryl methyl sites for hydroxylation is 2. The molecule has 1 saturated heterocycles. The molecule has 2 aromatic rings. The number of benzene rings is 1. The summed E-state index contributed by atoms with van der Waals surface area (Å²) in [5, 5.41) is 3.99. The molecule has 1 amide bonds. The first kappa shape index (κ1) is 20.7. The number of sulfonamides is 1. The second kappa shape index (κ2) is 8.95. The maximum atomic E-state index is 12.7. The van der Waals surface area contributed by atoms with E-state index in [2.05, 4.69) is 10.5 Å². The average Bonchev–Trinajstić information content (AvgIpc) is 3.08. The van der Waals surface area contributed by atoms with E-state index in [4.69, 9.17) is 0 Å². The molecule has 0 aliphatic carbocycles. The number of carbonyl (C=O) groups excluding carboxylic acids is 1. The van der Waals surface area contributed by atoms with E-state index < -0.39 is 10.0 Å². The highest BCUT2D eigenvalue weighted by Gasteiger charge is 2.31. The zero-order chi connectivity index (χ0) is 20.1. The summed E-state index contributed by atoms with van der Waals surface area (Å²) < 4.78 is 26.9. The Morgan fingerprint density at radius 3 is 2.46 bits per heavy atom. The topological polar surface area (TPSA) is 83.3 Å². The van der Waals surface area contributed by atoms with Gasteiger partial charge in [-0.1, -0.05) is 17.7 Å². The first-order valence-electron chi connectivity index (χ1n) is 9.13. The zero-order valence-corrected chi connectivity index (χ0v) is 17.6. The third-order valence-corrected chi connectivity index (χ3v) is 7.49. The van der Waals surface area contributed by atoms with Gasteiger partial charge in [-0.05, 0) is 38.1 Å². The monoisotopic (exact) mass is 421 g/mol. The van der Waals surface area contributed by atoms with Crippen LogP contribution in [0.3, 0.4) is 0 Å². The van der Waals surface area contributed by atoms with Crippen molar-refractivity contribution in [3.8, 4) is 0 Å². The molecule has 0 radical (unpaired) electrons. The van der Waals surface area contributed by atoms with E-state index in [1.807, 2.05) is 26.0 Å². The number of hydrogen-bond acceptors (Lipinski definition) is 5. The van der Waals surface area contributed by atoms with Gasteiger partial charge in [0.05, 0.1) is 37.3 Å². The quantitative estimate of drug-likeness (QED) is 0.523. The summed E-state index contributed by atoms with van der Waals surface area (Å²) in [5.41, 5.74) is 3.57. The molecule has 28 heavy (non-hydrogen) atoms. The van der Waals surface area contributed by atoms with E-state index in [0.717, 1.165) is 15.3 Å². The molecule has 1 aromatic carbocycles. The number of rotatable bonds is 6. The molecule has 0 unspecified atom stereocenters. The van der Waals surface area contributed by atoms with E-state index >= 15 is 0 Å². The fourth-order valence-corrected chi connectivity index (χ4v) is 5.23. The highest BCUT2D eigenvalue weighted by Crippen LogP contribution is 2.16. The van der Waals surface area contributed by atoms with Crippen molar-refractivity contribution in [3.05, 3.63) is 51.7 Å². The molecule has 7 nitrogen and oxygen atoms in total. The van der Waals surface area contributed by atoms with Gasteiger partial charge in [0.25, 0.3) is 5.91 Å². The van der Waals surface area contributed by atoms with Gasteiger partial charge < -0.3 is 4.90 Å². The predicted octanol–water partition coefficient (Wildman–Crippen LogP) is 0.404. The third-order valence-electron chi connectivity index (χ3n) is 4.64. The molecule has 2 heterocycles. The summed E-state index contributed by atoms with van der Waals surface area (Å²) in [5.74, 6) is -0.172. The molecule has 0 saturated carbocycles. The van der Waals surface area contributed by atoms with Crippen LogP contribution in [0.4, 0.5) is 0 Å². The van der Waals surface area contributed by atoms with Crippen molar-refractivity contribution in [2.24, 2.45) is 5.10 Å². The molecule has 0 spiro atoms. The largest absolute Gasteiger partial charge is 0.325 e. The maximum absolute atomic E-state index is 12.7. The van der Waals surface area contributed by atoms with Crippen LogP contribution < -0.4 is 10.3 Å². The van der Waals surface area contributed by atoms with Gasteiger partial charge in [0.15, 0.2) is 6.54 Å². The molecular weight excluding hydrogens is 396 g/mol. The van der Waals surface area contributed by atoms with Crippen LogP contribution in [-0.2, 0) is 14.8 Å². The second-order valence-corrected chi connectivity index (χ2v) is 10.1. The summed E-state index contributed by atoms with van der Waals surface area (Å²) in [4.78, 5) is 15.6. The first-order valence-corrected chi connectivity index (χ1v) is 11.4. The Labute approximate surface area is 169 Å². The molecule has 1 aliphatic heterocycles. The third kappa shape index (κ3) is 5.26. The smallest absolute Gasteiger partial charge is 0.295 e. The number of carbonyl (C=O) groups is 1. The van der Waals surface area contributed by atoms with Crippen LogP contribution in [0.2, 0.25) is 0 Å². The van der Waals surface area contributed by atoms with E-state index in [-0.39, 0.29) is 12.5 Å². The molecular formula is C19H25N4O3S2+. The van der Waals surface area contributed by atoms with Crippen LogP contribution in [0.5, 0.6) is 0 Å². The number of nitrogens with zero attached hydrogens (tertiary/aromatic N) is 2. The van der Waals surface area contributed by atoms with Crippen LogP contribution in [0, 0.1) is 13.8 Å². The minimum atomic E-state index is -3.48. The molecule has 9 heteroatoms. The van der Waals surface area contributed by atoms with Crippen LogP contribution in [0.1, 0.15) is 15.3 Å². The molecule has 1 aliphatic rings. The lowest BCUT2D eigenvalue weighted by Gasteiger charge is -2.31. The number of nitrogens with one attached hydrogen (secondary N) is 2. The van der Waals surface area contributed by atoms with Gasteiger partial charge in [0.1, 0.15) is 0 Å². The van der Waals surface area contributed by atoms with Crippen molar-refractivity contribution in [1.82, 2.24) is 9.73 Å². The molecule has 2 N–H and O–H groups in total. The van der Waals surface area contributed by atoms with Crippen LogP contribution >= 0.6 is 11.3 Å². The molecule has 0 atom stereocenters. The number of thiophene rings is 1. The van der Waals surface area contributed by atoms with Crippen molar-refractivity contribution in [3.63, 3.8) is 0 Å². The van der Waals surface area contributed by atoms with Gasteiger partial charge in [-0.25, -0.2) is 13.8 Å². The van der Waals surface area contributed by atoms with Gasteiger partial charge in [0.2, 0.25) is 10.0 Å². The van der Waals surface area contributed by atoms with Crippen LogP contribution in [0.25, 0.3) is 0 Å². The Bertz CT molecular complexity index is 944. The fraction of sp³-hybridized carbons (Fsp3) is 0.368. The summed E-state index contributed by atoms with van der Waals surface area (Å²) in [6.45, 7) is 6.20. The Balaban J connectivity index is 1.47. The number of quaternary nitrogens is 1. The lowest BCUT2D eigenvalue weighted by molar-refractivity contribution is -0.895. The minimum Gasteiger partial charge on any atom is -0.325 e. The van der Waals surface area contributed by atoms with Gasteiger partial charge >= 0.3 is 0 Å². The second-order valence-electron chi connectivity index (χ2n) is 6.89. The number of hydrazone groups is 1. The summed E-state index contributed by atoms with van der Waals surface area (Å²) in [6, 6.07) is 10.8. The molecule has 1 fully saturated rings. The maximum Gasteiger partial charge on any atom is 0.295 e. The van der Waals surface area contributed by atoms with E-state index in [0.29, 0.717) is 31.1 Å². The van der Waals surface area contributed by atoms with E-state index in [1.165, 1.54) is 9.18 Å². The van der Waals surface area contributed by atoms with Crippen molar-refractivity contribution >= 4 is 33.5 Å². The number of hydrogen-bond donors (Lipinski definition) is 2. The van der Waals surface area contributed by atoms with Crippen molar-refractivity contribution in [2.45, 2.75) is 18.7 Å². The summed E-state index contributed by atoms with van der Waals surface area (Å²) in [7, 11) is -3.48. The van der Waals surface area contributed by atoms with Crippen molar-refractivity contribution in [1.29, 1.82) is 0 Å². The SMILES string of the molecule is Cc1ccc(S(=O)(=O)N2CC[NH+](CC(=O)N/N=C\c3ccc(C)s3)CC2)cc1. The Kier molecular flexibility index (Phi) is 6.61. The van der Waals surface area contributed by atoms with E-state index in [9.17, 15) is 13.2 Å². The van der Waals surface area contributed by atoms with Gasteiger partial charge in [0, 0.05) is 9.75 Å². The Morgan fingerprint density at radius 1 is 1.18 bits per heavy atom. The van der Waals surface area contributed by atoms with Crippen LogP contribution in [0.15, 0.2) is 46.4 Å². The molecule has 0 bridgehead atoms. The number of piperazine rings is 1. The van der Waals surface area contributed by atoms with Gasteiger partial charge in [-0.15, -0.1) is 11.3 Å². The Morgan fingerprint density at radius 2 is 1.86 bits per heavy atom. The number of amides is 1. The minimum absolute atomic E-state index is 0.172. The molecule has 3 rings (SSSR count).